The molecule has 110 valence electrons. The molecule has 4 nitrogen and oxygen atoms in total. The minimum Gasteiger partial charge on any atom is -0.481 e. The molecular formula is C16H24N2O2. The van der Waals surface area contributed by atoms with Crippen LogP contribution in [0.15, 0.2) is 24.3 Å². The summed E-state index contributed by atoms with van der Waals surface area (Å²) in [4.78, 5) is 14.1. The lowest BCUT2D eigenvalue weighted by atomic mass is 10.1. The van der Waals surface area contributed by atoms with Crippen LogP contribution in [0.4, 0.5) is 0 Å². The predicted molar refractivity (Wildman–Crippen MR) is 79.7 cm³/mol. The number of carbonyl (C=O) groups excluding carboxylic acids is 1. The van der Waals surface area contributed by atoms with Gasteiger partial charge >= 0.3 is 0 Å². The molecule has 1 aliphatic heterocycles. The van der Waals surface area contributed by atoms with Gasteiger partial charge in [0.2, 0.25) is 0 Å². The lowest BCUT2D eigenvalue weighted by Crippen LogP contribution is -2.38. The summed E-state index contributed by atoms with van der Waals surface area (Å²) in [5.41, 5.74) is 6.94. The topological polar surface area (TPSA) is 55.6 Å². The molecule has 2 unspecified atom stereocenters. The van der Waals surface area contributed by atoms with Crippen molar-refractivity contribution in [1.82, 2.24) is 4.90 Å². The van der Waals surface area contributed by atoms with Crippen molar-refractivity contribution in [3.63, 3.8) is 0 Å². The van der Waals surface area contributed by atoms with Gasteiger partial charge in [-0.3, -0.25) is 4.79 Å². The van der Waals surface area contributed by atoms with Crippen molar-refractivity contribution in [2.24, 2.45) is 5.73 Å². The number of amides is 1. The number of likely N-dealkylation sites (tertiary alicyclic amines) is 1. The molecule has 1 amide bonds. The zero-order valence-electron chi connectivity index (χ0n) is 12.3. The summed E-state index contributed by atoms with van der Waals surface area (Å²) < 4.78 is 5.78. The van der Waals surface area contributed by atoms with Crippen molar-refractivity contribution in [2.45, 2.75) is 45.3 Å². The van der Waals surface area contributed by atoms with Crippen molar-refractivity contribution < 1.29 is 9.53 Å². The smallest absolute Gasteiger partial charge is 0.263 e. The molecule has 0 bridgehead atoms. The quantitative estimate of drug-likeness (QED) is 0.894. The Bertz CT molecular complexity index is 454. The monoisotopic (exact) mass is 276 g/mol. The van der Waals surface area contributed by atoms with E-state index in [0.29, 0.717) is 0 Å². The molecule has 0 radical (unpaired) electrons. The SMILES string of the molecule is CC(N)Cc1cccc(OC(C)C(=O)N2CCCC2)c1. The van der Waals surface area contributed by atoms with E-state index in [-0.39, 0.29) is 11.9 Å². The average molecular weight is 276 g/mol. The first-order valence-corrected chi connectivity index (χ1v) is 7.36. The third kappa shape index (κ3) is 3.97. The van der Waals surface area contributed by atoms with Gasteiger partial charge in [0, 0.05) is 19.1 Å². The van der Waals surface area contributed by atoms with E-state index in [9.17, 15) is 4.79 Å². The molecule has 2 atom stereocenters. The molecule has 0 saturated carbocycles. The van der Waals surface area contributed by atoms with E-state index in [1.54, 1.807) is 0 Å². The highest BCUT2D eigenvalue weighted by Crippen LogP contribution is 2.18. The third-order valence-electron chi connectivity index (χ3n) is 3.53. The maximum Gasteiger partial charge on any atom is 0.263 e. The predicted octanol–water partition coefficient (Wildman–Crippen LogP) is 1.97. The third-order valence-corrected chi connectivity index (χ3v) is 3.53. The van der Waals surface area contributed by atoms with Crippen LogP contribution < -0.4 is 10.5 Å². The maximum absolute atomic E-state index is 12.2. The number of nitrogens with two attached hydrogens (primary N) is 1. The second-order valence-electron chi connectivity index (χ2n) is 5.62. The van der Waals surface area contributed by atoms with Crippen molar-refractivity contribution in [2.75, 3.05) is 13.1 Å². The second kappa shape index (κ2) is 6.75. The molecule has 20 heavy (non-hydrogen) atoms. The van der Waals surface area contributed by atoms with Crippen molar-refractivity contribution in [3.05, 3.63) is 29.8 Å². The van der Waals surface area contributed by atoms with Crippen molar-refractivity contribution in [1.29, 1.82) is 0 Å². The molecule has 1 aromatic rings. The fraction of sp³-hybridized carbons (Fsp3) is 0.562. The summed E-state index contributed by atoms with van der Waals surface area (Å²) in [5.74, 6) is 0.822. The first kappa shape index (κ1) is 14.9. The molecule has 0 aliphatic carbocycles. The normalized spacial score (nSPS) is 17.9. The second-order valence-corrected chi connectivity index (χ2v) is 5.62. The maximum atomic E-state index is 12.2. The van der Waals surface area contributed by atoms with Crippen molar-refractivity contribution in [3.8, 4) is 5.75 Å². The van der Waals surface area contributed by atoms with E-state index in [1.165, 1.54) is 0 Å². The van der Waals surface area contributed by atoms with E-state index < -0.39 is 6.10 Å². The molecular weight excluding hydrogens is 252 g/mol. The zero-order chi connectivity index (χ0) is 14.5. The molecule has 1 aromatic carbocycles. The standard InChI is InChI=1S/C16H24N2O2/c1-12(17)10-14-6-5-7-15(11-14)20-13(2)16(19)18-8-3-4-9-18/h5-7,11-13H,3-4,8-10,17H2,1-2H3. The van der Waals surface area contributed by atoms with Crippen LogP contribution in [0.2, 0.25) is 0 Å². The van der Waals surface area contributed by atoms with Gasteiger partial charge < -0.3 is 15.4 Å². The first-order chi connectivity index (χ1) is 9.56. The van der Waals surface area contributed by atoms with Crippen LogP contribution in [-0.2, 0) is 11.2 Å². The van der Waals surface area contributed by atoms with Gasteiger partial charge in [-0.2, -0.15) is 0 Å². The first-order valence-electron chi connectivity index (χ1n) is 7.36. The molecule has 1 fully saturated rings. The summed E-state index contributed by atoms with van der Waals surface area (Å²) in [5, 5.41) is 0. The Hall–Kier alpha value is -1.55. The highest BCUT2D eigenvalue weighted by molar-refractivity contribution is 5.81. The van der Waals surface area contributed by atoms with E-state index >= 15 is 0 Å². The van der Waals surface area contributed by atoms with Crippen LogP contribution in [0, 0.1) is 0 Å². The van der Waals surface area contributed by atoms with Gasteiger partial charge in [-0.25, -0.2) is 0 Å². The summed E-state index contributed by atoms with van der Waals surface area (Å²) in [6, 6.07) is 7.95. The number of ether oxygens (including phenoxy) is 1. The Morgan fingerprint density at radius 2 is 2.05 bits per heavy atom. The van der Waals surface area contributed by atoms with Crippen molar-refractivity contribution >= 4 is 5.91 Å². The largest absolute Gasteiger partial charge is 0.481 e. The molecule has 0 aromatic heterocycles. The molecule has 0 spiro atoms. The van der Waals surface area contributed by atoms with E-state index in [1.807, 2.05) is 43.0 Å². The van der Waals surface area contributed by atoms with Crippen LogP contribution in [0.3, 0.4) is 0 Å². The summed E-state index contributed by atoms with van der Waals surface area (Å²) >= 11 is 0. The van der Waals surface area contributed by atoms with Gasteiger partial charge in [-0.05, 0) is 50.8 Å². The van der Waals surface area contributed by atoms with Gasteiger partial charge in [-0.15, -0.1) is 0 Å². The highest BCUT2D eigenvalue weighted by atomic mass is 16.5. The Balaban J connectivity index is 1.96. The van der Waals surface area contributed by atoms with Gasteiger partial charge in [0.15, 0.2) is 6.10 Å². The minimum atomic E-state index is -0.432. The fourth-order valence-electron chi connectivity index (χ4n) is 2.57. The molecule has 1 aliphatic rings. The molecule has 1 saturated heterocycles. The Morgan fingerprint density at radius 1 is 1.35 bits per heavy atom. The van der Waals surface area contributed by atoms with Crippen LogP contribution in [0.1, 0.15) is 32.3 Å². The molecule has 1 heterocycles. The van der Waals surface area contributed by atoms with E-state index in [2.05, 4.69) is 0 Å². The minimum absolute atomic E-state index is 0.0834. The Labute approximate surface area is 120 Å². The average Bonchev–Trinajstić information content (AvgIpc) is 2.91. The number of carbonyl (C=O) groups is 1. The molecule has 2 rings (SSSR count). The lowest BCUT2D eigenvalue weighted by molar-refractivity contribution is -0.136. The van der Waals surface area contributed by atoms with E-state index in [4.69, 9.17) is 10.5 Å². The molecule has 4 heteroatoms. The molecule has 2 N–H and O–H groups in total. The zero-order valence-corrected chi connectivity index (χ0v) is 12.3. The van der Waals surface area contributed by atoms with Gasteiger partial charge in [0.05, 0.1) is 0 Å². The summed E-state index contributed by atoms with van der Waals surface area (Å²) in [6.07, 6.45) is 2.58. The van der Waals surface area contributed by atoms with Crippen LogP contribution >= 0.6 is 0 Å². The van der Waals surface area contributed by atoms with Gasteiger partial charge in [0.1, 0.15) is 5.75 Å². The van der Waals surface area contributed by atoms with Crippen LogP contribution in [0.5, 0.6) is 5.75 Å². The number of nitrogens with zero attached hydrogens (tertiary/aromatic N) is 1. The van der Waals surface area contributed by atoms with Crippen LogP contribution in [-0.4, -0.2) is 36.0 Å². The fourth-order valence-corrected chi connectivity index (χ4v) is 2.57. The number of rotatable bonds is 5. The summed E-state index contributed by atoms with van der Waals surface area (Å²) in [7, 11) is 0. The van der Waals surface area contributed by atoms with Crippen LogP contribution in [0.25, 0.3) is 0 Å². The number of benzene rings is 1. The Morgan fingerprint density at radius 3 is 2.70 bits per heavy atom. The number of hydrogen-bond donors (Lipinski definition) is 1. The van der Waals surface area contributed by atoms with Gasteiger partial charge in [-0.1, -0.05) is 12.1 Å². The van der Waals surface area contributed by atoms with E-state index in [0.717, 1.165) is 43.7 Å². The Kier molecular flexibility index (Phi) is 5.01. The number of hydrogen-bond acceptors (Lipinski definition) is 3. The highest BCUT2D eigenvalue weighted by Gasteiger charge is 2.24. The van der Waals surface area contributed by atoms with Gasteiger partial charge in [0.25, 0.3) is 5.91 Å². The summed E-state index contributed by atoms with van der Waals surface area (Å²) in [6.45, 7) is 5.51. The lowest BCUT2D eigenvalue weighted by Gasteiger charge is -2.21.